The normalized spacial score (nSPS) is 10.8. The van der Waals surface area contributed by atoms with Crippen LogP contribution in [0.4, 0.5) is 10.5 Å². The van der Waals surface area contributed by atoms with Crippen LogP contribution in [0.5, 0.6) is 0 Å². The van der Waals surface area contributed by atoms with Gasteiger partial charge in [-0.15, -0.1) is 0 Å². The van der Waals surface area contributed by atoms with Crippen LogP contribution in [0.25, 0.3) is 10.9 Å². The number of H-pyrrole nitrogens is 1. The molecule has 0 radical (unpaired) electrons. The van der Waals surface area contributed by atoms with Crippen LogP contribution in [0.15, 0.2) is 83.7 Å². The third-order valence-electron chi connectivity index (χ3n) is 5.44. The van der Waals surface area contributed by atoms with E-state index in [0.717, 1.165) is 22.0 Å². The van der Waals surface area contributed by atoms with Gasteiger partial charge in [0.05, 0.1) is 22.8 Å². The highest BCUT2D eigenvalue weighted by Gasteiger charge is 2.17. The van der Waals surface area contributed by atoms with Gasteiger partial charge in [0.15, 0.2) is 0 Å². The summed E-state index contributed by atoms with van der Waals surface area (Å²) in [7, 11) is 0. The molecule has 0 atom stereocenters. The topological polar surface area (TPSA) is 65.2 Å². The van der Waals surface area contributed by atoms with E-state index in [4.69, 9.17) is 11.6 Å². The van der Waals surface area contributed by atoms with Gasteiger partial charge in [-0.25, -0.2) is 4.79 Å². The Morgan fingerprint density at radius 2 is 1.75 bits per heavy atom. The van der Waals surface area contributed by atoms with Gasteiger partial charge < -0.3 is 15.2 Å². The number of carbonyl (C=O) groups is 1. The molecule has 0 aliphatic heterocycles. The number of para-hydroxylation sites is 2. The predicted octanol–water partition coefficient (Wildman–Crippen LogP) is 5.77. The number of carbonyl (C=O) groups excluding carboxylic acids is 1. The zero-order valence-corrected chi connectivity index (χ0v) is 18.5. The highest BCUT2D eigenvalue weighted by Crippen LogP contribution is 2.21. The van der Waals surface area contributed by atoms with Crippen molar-refractivity contribution in [2.75, 3.05) is 11.9 Å². The van der Waals surface area contributed by atoms with Crippen molar-refractivity contribution in [1.82, 2.24) is 9.88 Å². The summed E-state index contributed by atoms with van der Waals surface area (Å²) in [4.78, 5) is 30.6. The number of nitrogens with zero attached hydrogens (tertiary/aromatic N) is 1. The van der Waals surface area contributed by atoms with Gasteiger partial charge in [-0.2, -0.15) is 0 Å². The Bertz CT molecular complexity index is 1300. The summed E-state index contributed by atoms with van der Waals surface area (Å²) in [6, 6.07) is 24.5. The molecule has 4 rings (SSSR count). The number of benzene rings is 3. The maximum Gasteiger partial charge on any atom is 0.322 e. The average Bonchev–Trinajstić information content (AvgIpc) is 2.80. The molecule has 5 nitrogen and oxygen atoms in total. The summed E-state index contributed by atoms with van der Waals surface area (Å²) in [5, 5.41) is 4.28. The number of pyridine rings is 1. The Kier molecular flexibility index (Phi) is 6.57. The molecule has 0 saturated heterocycles. The summed E-state index contributed by atoms with van der Waals surface area (Å²) in [6.07, 6.45) is 0.668. The van der Waals surface area contributed by atoms with Crippen LogP contribution in [0.2, 0.25) is 5.02 Å². The van der Waals surface area contributed by atoms with Crippen molar-refractivity contribution in [3.05, 3.63) is 111 Å². The SMILES string of the molecule is Cc1cccc2cc(CN(CCc3ccccc3)C(=O)Nc3ccccc3Cl)c(=O)[nH]c12. The van der Waals surface area contributed by atoms with Crippen molar-refractivity contribution in [1.29, 1.82) is 0 Å². The van der Waals surface area contributed by atoms with E-state index in [2.05, 4.69) is 10.3 Å². The number of amides is 2. The molecule has 0 aliphatic carbocycles. The molecule has 4 aromatic rings. The fourth-order valence-electron chi connectivity index (χ4n) is 3.67. The molecule has 3 aromatic carbocycles. The lowest BCUT2D eigenvalue weighted by molar-refractivity contribution is 0.209. The van der Waals surface area contributed by atoms with E-state index in [1.807, 2.05) is 73.7 Å². The lowest BCUT2D eigenvalue weighted by atomic mass is 10.1. The average molecular weight is 446 g/mol. The number of urea groups is 1. The molecule has 0 spiro atoms. The van der Waals surface area contributed by atoms with Crippen LogP contribution in [-0.4, -0.2) is 22.5 Å². The zero-order chi connectivity index (χ0) is 22.5. The van der Waals surface area contributed by atoms with Crippen LogP contribution in [0.1, 0.15) is 16.7 Å². The predicted molar refractivity (Wildman–Crippen MR) is 130 cm³/mol. The van der Waals surface area contributed by atoms with Crippen molar-refractivity contribution in [2.24, 2.45) is 0 Å². The van der Waals surface area contributed by atoms with E-state index >= 15 is 0 Å². The Morgan fingerprint density at radius 3 is 2.53 bits per heavy atom. The van der Waals surface area contributed by atoms with Gasteiger partial charge in [0.1, 0.15) is 0 Å². The summed E-state index contributed by atoms with van der Waals surface area (Å²) in [5.74, 6) is 0. The van der Waals surface area contributed by atoms with E-state index in [1.54, 1.807) is 17.0 Å². The van der Waals surface area contributed by atoms with E-state index in [0.29, 0.717) is 29.2 Å². The first kappa shape index (κ1) is 21.7. The van der Waals surface area contributed by atoms with Crippen LogP contribution in [0, 0.1) is 6.92 Å². The van der Waals surface area contributed by atoms with Gasteiger partial charge in [-0.05, 0) is 48.1 Å². The molecule has 162 valence electrons. The first-order valence-electron chi connectivity index (χ1n) is 10.5. The quantitative estimate of drug-likeness (QED) is 0.396. The fraction of sp³-hybridized carbons (Fsp3) is 0.154. The standard InChI is InChI=1S/C26H24ClN3O2/c1-18-8-7-11-20-16-21(25(31)29-24(18)20)17-30(15-14-19-9-3-2-4-10-19)26(32)28-23-13-6-5-12-22(23)27/h2-13,16H,14-15,17H2,1H3,(H,28,32)(H,29,31). The molecule has 2 N–H and O–H groups in total. The van der Waals surface area contributed by atoms with Crippen molar-refractivity contribution in [2.45, 2.75) is 19.9 Å². The maximum absolute atomic E-state index is 13.2. The maximum atomic E-state index is 13.2. The molecule has 2 amide bonds. The van der Waals surface area contributed by atoms with Crippen LogP contribution in [0.3, 0.4) is 0 Å². The molecule has 0 aliphatic rings. The minimum absolute atomic E-state index is 0.183. The Hall–Kier alpha value is -3.57. The van der Waals surface area contributed by atoms with Gasteiger partial charge in [0.2, 0.25) is 0 Å². The van der Waals surface area contributed by atoms with Crippen molar-refractivity contribution >= 4 is 34.2 Å². The Morgan fingerprint density at radius 1 is 1.00 bits per heavy atom. The number of aryl methyl sites for hydroxylation is 1. The molecule has 0 bridgehead atoms. The summed E-state index contributed by atoms with van der Waals surface area (Å²) in [5.41, 5.74) is 3.81. The number of nitrogens with one attached hydrogen (secondary N) is 2. The second-order valence-electron chi connectivity index (χ2n) is 7.73. The minimum atomic E-state index is -0.308. The second-order valence-corrected chi connectivity index (χ2v) is 8.14. The first-order valence-corrected chi connectivity index (χ1v) is 10.8. The van der Waals surface area contributed by atoms with Gasteiger partial charge in [-0.1, -0.05) is 72.3 Å². The van der Waals surface area contributed by atoms with E-state index in [1.165, 1.54) is 0 Å². The molecule has 1 heterocycles. The highest BCUT2D eigenvalue weighted by molar-refractivity contribution is 6.33. The van der Waals surface area contributed by atoms with E-state index in [-0.39, 0.29) is 18.1 Å². The number of aromatic amines is 1. The van der Waals surface area contributed by atoms with Crippen LogP contribution in [-0.2, 0) is 13.0 Å². The molecular weight excluding hydrogens is 422 g/mol. The smallest absolute Gasteiger partial charge is 0.321 e. The third kappa shape index (κ3) is 5.01. The Labute approximate surface area is 191 Å². The lowest BCUT2D eigenvalue weighted by Crippen LogP contribution is -2.37. The van der Waals surface area contributed by atoms with Gasteiger partial charge in [-0.3, -0.25) is 4.79 Å². The van der Waals surface area contributed by atoms with Gasteiger partial charge >= 0.3 is 6.03 Å². The summed E-state index contributed by atoms with van der Waals surface area (Å²) >= 11 is 6.22. The number of rotatable bonds is 6. The monoisotopic (exact) mass is 445 g/mol. The van der Waals surface area contributed by atoms with Crippen LogP contribution >= 0.6 is 11.6 Å². The molecule has 0 unspecified atom stereocenters. The molecule has 0 saturated carbocycles. The van der Waals surface area contributed by atoms with E-state index < -0.39 is 0 Å². The molecule has 32 heavy (non-hydrogen) atoms. The molecule has 0 fully saturated rings. The second kappa shape index (κ2) is 9.71. The Balaban J connectivity index is 1.61. The number of fused-ring (bicyclic) bond motifs is 1. The zero-order valence-electron chi connectivity index (χ0n) is 17.8. The summed E-state index contributed by atoms with van der Waals surface area (Å²) < 4.78 is 0. The number of aromatic nitrogens is 1. The fourth-order valence-corrected chi connectivity index (χ4v) is 3.85. The number of hydrogen-bond donors (Lipinski definition) is 2. The molecular formula is C26H24ClN3O2. The van der Waals surface area contributed by atoms with Crippen molar-refractivity contribution < 1.29 is 4.79 Å². The van der Waals surface area contributed by atoms with Gasteiger partial charge in [0, 0.05) is 12.1 Å². The number of halogens is 1. The lowest BCUT2D eigenvalue weighted by Gasteiger charge is -2.23. The number of anilines is 1. The number of hydrogen-bond acceptors (Lipinski definition) is 2. The molecule has 6 heteroatoms. The van der Waals surface area contributed by atoms with E-state index in [9.17, 15) is 9.59 Å². The van der Waals surface area contributed by atoms with Crippen LogP contribution < -0.4 is 10.9 Å². The largest absolute Gasteiger partial charge is 0.322 e. The van der Waals surface area contributed by atoms with Crippen molar-refractivity contribution in [3.63, 3.8) is 0 Å². The first-order chi connectivity index (χ1) is 15.5. The third-order valence-corrected chi connectivity index (χ3v) is 5.77. The highest BCUT2D eigenvalue weighted by atomic mass is 35.5. The molecule has 1 aromatic heterocycles. The van der Waals surface area contributed by atoms with Gasteiger partial charge in [0.25, 0.3) is 5.56 Å². The van der Waals surface area contributed by atoms with Crippen molar-refractivity contribution in [3.8, 4) is 0 Å². The minimum Gasteiger partial charge on any atom is -0.321 e. The summed E-state index contributed by atoms with van der Waals surface area (Å²) in [6.45, 7) is 2.59.